The quantitative estimate of drug-likeness (QED) is 0.713. The standard InChI is InChI=1S/C19H20N4O2S/c1-13-4-7-16(8-5-13)26(24,25)22(3)17-9-6-15-10-11-23-18(12-20-21-23)19(15)14(17)2/h4-9,12H,10-11H2,1-3H3. The Morgan fingerprint density at radius 2 is 1.81 bits per heavy atom. The number of anilines is 1. The molecular weight excluding hydrogens is 348 g/mol. The third-order valence-electron chi connectivity index (χ3n) is 5.01. The second-order valence-corrected chi connectivity index (χ2v) is 8.59. The number of aryl methyl sites for hydroxylation is 3. The molecule has 0 amide bonds. The Morgan fingerprint density at radius 3 is 2.54 bits per heavy atom. The fraction of sp³-hybridized carbons (Fsp3) is 0.263. The first-order chi connectivity index (χ1) is 12.4. The van der Waals surface area contributed by atoms with Crippen LogP contribution in [0.25, 0.3) is 11.3 Å². The van der Waals surface area contributed by atoms with Crippen LogP contribution in [0.4, 0.5) is 5.69 Å². The molecule has 0 bridgehead atoms. The van der Waals surface area contributed by atoms with E-state index >= 15 is 0 Å². The average Bonchev–Trinajstić information content (AvgIpc) is 3.10. The van der Waals surface area contributed by atoms with Crippen molar-refractivity contribution in [2.45, 2.75) is 31.7 Å². The first-order valence-electron chi connectivity index (χ1n) is 8.46. The van der Waals surface area contributed by atoms with Crippen LogP contribution in [0.1, 0.15) is 16.7 Å². The maximum absolute atomic E-state index is 13.1. The van der Waals surface area contributed by atoms with Crippen molar-refractivity contribution in [3.8, 4) is 11.3 Å². The third kappa shape index (κ3) is 2.50. The van der Waals surface area contributed by atoms with Crippen molar-refractivity contribution in [1.82, 2.24) is 15.0 Å². The zero-order chi connectivity index (χ0) is 18.5. The van der Waals surface area contributed by atoms with Crippen LogP contribution in [0, 0.1) is 13.8 Å². The number of hydrogen-bond acceptors (Lipinski definition) is 4. The van der Waals surface area contributed by atoms with Gasteiger partial charge in [-0.3, -0.25) is 4.31 Å². The van der Waals surface area contributed by atoms with Gasteiger partial charge in [-0.15, -0.1) is 5.10 Å². The molecule has 6 nitrogen and oxygen atoms in total. The van der Waals surface area contributed by atoms with E-state index in [1.807, 2.05) is 42.8 Å². The molecule has 1 aromatic heterocycles. The molecule has 0 saturated carbocycles. The summed E-state index contributed by atoms with van der Waals surface area (Å²) in [7, 11) is -2.03. The highest BCUT2D eigenvalue weighted by atomic mass is 32.2. The van der Waals surface area contributed by atoms with Crippen LogP contribution in [0.5, 0.6) is 0 Å². The number of rotatable bonds is 3. The van der Waals surface area contributed by atoms with Gasteiger partial charge in [0, 0.05) is 19.2 Å². The topological polar surface area (TPSA) is 68.1 Å². The molecule has 2 heterocycles. The highest BCUT2D eigenvalue weighted by Gasteiger charge is 2.26. The summed E-state index contributed by atoms with van der Waals surface area (Å²) in [6.45, 7) is 4.68. The molecule has 2 aromatic carbocycles. The van der Waals surface area contributed by atoms with Crippen LogP contribution in [-0.4, -0.2) is 30.5 Å². The summed E-state index contributed by atoms with van der Waals surface area (Å²) in [6, 6.07) is 10.8. The lowest BCUT2D eigenvalue weighted by Gasteiger charge is -2.26. The fourth-order valence-electron chi connectivity index (χ4n) is 3.50. The van der Waals surface area contributed by atoms with Crippen molar-refractivity contribution in [1.29, 1.82) is 0 Å². The van der Waals surface area contributed by atoms with E-state index in [0.29, 0.717) is 5.69 Å². The van der Waals surface area contributed by atoms with Gasteiger partial charge in [0.1, 0.15) is 0 Å². The van der Waals surface area contributed by atoms with E-state index in [2.05, 4.69) is 10.3 Å². The van der Waals surface area contributed by atoms with Crippen molar-refractivity contribution in [2.24, 2.45) is 0 Å². The Balaban J connectivity index is 1.82. The molecule has 0 saturated heterocycles. The van der Waals surface area contributed by atoms with Crippen LogP contribution in [0.15, 0.2) is 47.5 Å². The summed E-state index contributed by atoms with van der Waals surface area (Å²) in [5.41, 5.74) is 5.78. The van der Waals surface area contributed by atoms with Gasteiger partial charge in [-0.2, -0.15) is 0 Å². The van der Waals surface area contributed by atoms with E-state index in [4.69, 9.17) is 0 Å². The molecule has 7 heteroatoms. The van der Waals surface area contributed by atoms with Gasteiger partial charge in [-0.25, -0.2) is 13.1 Å². The summed E-state index contributed by atoms with van der Waals surface area (Å²) < 4.78 is 29.3. The van der Waals surface area contributed by atoms with E-state index in [1.54, 1.807) is 25.4 Å². The molecule has 0 N–H and O–H groups in total. The van der Waals surface area contributed by atoms with Crippen LogP contribution >= 0.6 is 0 Å². The van der Waals surface area contributed by atoms with Crippen molar-refractivity contribution >= 4 is 15.7 Å². The average molecular weight is 368 g/mol. The molecule has 0 fully saturated rings. The molecule has 0 atom stereocenters. The minimum absolute atomic E-state index is 0.287. The lowest BCUT2D eigenvalue weighted by molar-refractivity contribution is 0.582. The van der Waals surface area contributed by atoms with Crippen LogP contribution in [0.2, 0.25) is 0 Å². The second kappa shape index (κ2) is 5.95. The van der Waals surface area contributed by atoms with Gasteiger partial charge in [0.2, 0.25) is 0 Å². The van der Waals surface area contributed by atoms with Gasteiger partial charge in [0.25, 0.3) is 10.0 Å². The van der Waals surface area contributed by atoms with Gasteiger partial charge in [0.05, 0.1) is 22.5 Å². The molecule has 0 aliphatic carbocycles. The lowest BCUT2D eigenvalue weighted by Crippen LogP contribution is -2.27. The Bertz CT molecular complexity index is 1090. The molecule has 134 valence electrons. The van der Waals surface area contributed by atoms with E-state index in [1.165, 1.54) is 9.87 Å². The number of hydrogen-bond donors (Lipinski definition) is 0. The van der Waals surface area contributed by atoms with Crippen molar-refractivity contribution in [3.05, 3.63) is 59.3 Å². The smallest absolute Gasteiger partial charge is 0.264 e. The molecule has 3 aromatic rings. The molecule has 1 aliphatic heterocycles. The number of benzene rings is 2. The maximum Gasteiger partial charge on any atom is 0.264 e. The van der Waals surface area contributed by atoms with Gasteiger partial charge in [0.15, 0.2) is 0 Å². The number of fused-ring (bicyclic) bond motifs is 3. The van der Waals surface area contributed by atoms with E-state index in [0.717, 1.165) is 35.3 Å². The summed E-state index contributed by atoms with van der Waals surface area (Å²) in [5, 5.41) is 8.11. The normalized spacial score (nSPS) is 13.2. The predicted octanol–water partition coefficient (Wildman–Crippen LogP) is 2.94. The zero-order valence-corrected chi connectivity index (χ0v) is 15.8. The molecule has 0 radical (unpaired) electrons. The van der Waals surface area contributed by atoms with E-state index < -0.39 is 10.0 Å². The maximum atomic E-state index is 13.1. The van der Waals surface area contributed by atoms with Gasteiger partial charge < -0.3 is 0 Å². The van der Waals surface area contributed by atoms with Crippen LogP contribution in [0.3, 0.4) is 0 Å². The van der Waals surface area contributed by atoms with Crippen LogP contribution < -0.4 is 4.31 Å². The van der Waals surface area contributed by atoms with Gasteiger partial charge in [-0.1, -0.05) is 29.0 Å². The molecule has 0 unspecified atom stereocenters. The Hall–Kier alpha value is -2.67. The van der Waals surface area contributed by atoms with E-state index in [-0.39, 0.29) is 4.90 Å². The molecule has 1 aliphatic rings. The summed E-state index contributed by atoms with van der Waals surface area (Å²) >= 11 is 0. The predicted molar refractivity (Wildman–Crippen MR) is 101 cm³/mol. The Kier molecular flexibility index (Phi) is 3.84. The fourth-order valence-corrected chi connectivity index (χ4v) is 4.76. The van der Waals surface area contributed by atoms with Crippen molar-refractivity contribution in [3.63, 3.8) is 0 Å². The minimum Gasteiger partial charge on any atom is -0.269 e. The molecule has 4 rings (SSSR count). The second-order valence-electron chi connectivity index (χ2n) is 6.62. The lowest BCUT2D eigenvalue weighted by atomic mass is 9.93. The molecule has 0 spiro atoms. The first-order valence-corrected chi connectivity index (χ1v) is 9.90. The van der Waals surface area contributed by atoms with Gasteiger partial charge in [-0.05, 0) is 49.6 Å². The number of nitrogens with zero attached hydrogens (tertiary/aromatic N) is 4. The highest BCUT2D eigenvalue weighted by molar-refractivity contribution is 7.92. The van der Waals surface area contributed by atoms with Crippen molar-refractivity contribution in [2.75, 3.05) is 11.4 Å². The highest BCUT2D eigenvalue weighted by Crippen LogP contribution is 2.37. The van der Waals surface area contributed by atoms with Crippen LogP contribution in [-0.2, 0) is 23.0 Å². The van der Waals surface area contributed by atoms with Gasteiger partial charge >= 0.3 is 0 Å². The molecule has 26 heavy (non-hydrogen) atoms. The zero-order valence-electron chi connectivity index (χ0n) is 15.0. The first kappa shape index (κ1) is 16.8. The summed E-state index contributed by atoms with van der Waals surface area (Å²) in [6.07, 6.45) is 2.60. The number of aromatic nitrogens is 3. The Morgan fingerprint density at radius 1 is 1.08 bits per heavy atom. The monoisotopic (exact) mass is 368 g/mol. The van der Waals surface area contributed by atoms with E-state index in [9.17, 15) is 8.42 Å². The Labute approximate surface area is 153 Å². The minimum atomic E-state index is -3.63. The largest absolute Gasteiger partial charge is 0.269 e. The number of sulfonamides is 1. The SMILES string of the molecule is Cc1ccc(S(=O)(=O)N(C)c2ccc3c(c2C)-c2cnnn2CC3)cc1. The van der Waals surface area contributed by atoms with Crippen molar-refractivity contribution < 1.29 is 8.42 Å². The summed E-state index contributed by atoms with van der Waals surface area (Å²) in [4.78, 5) is 0.287. The third-order valence-corrected chi connectivity index (χ3v) is 6.79. The molecular formula is C19H20N4O2S. The summed E-state index contributed by atoms with van der Waals surface area (Å²) in [5.74, 6) is 0.